The van der Waals surface area contributed by atoms with Gasteiger partial charge in [0.25, 0.3) is 0 Å². The summed E-state index contributed by atoms with van der Waals surface area (Å²) < 4.78 is 14.5. The van der Waals surface area contributed by atoms with Crippen LogP contribution in [0.25, 0.3) is 11.1 Å². The van der Waals surface area contributed by atoms with E-state index < -0.39 is 7.14 Å². The summed E-state index contributed by atoms with van der Waals surface area (Å²) >= 11 is 0. The van der Waals surface area contributed by atoms with Crippen molar-refractivity contribution in [1.82, 2.24) is 0 Å². The van der Waals surface area contributed by atoms with Crippen LogP contribution in [-0.4, -0.2) is 0 Å². The third-order valence-electron chi connectivity index (χ3n) is 5.38. The second-order valence-corrected chi connectivity index (χ2v) is 9.72. The molecule has 0 atom stereocenters. The second-order valence-electron chi connectivity index (χ2n) is 6.96. The largest absolute Gasteiger partial charge is 0.309 e. The van der Waals surface area contributed by atoms with Crippen molar-refractivity contribution in [1.29, 1.82) is 0 Å². The highest BCUT2D eigenvalue weighted by molar-refractivity contribution is 7.85. The first-order valence-electron chi connectivity index (χ1n) is 9.20. The standard InChI is InChI=1S/C25H19OP/c26-27(21-10-3-1-4-11-21,22-12-5-2-6-13-22)23-15-16-25-20(18-23)17-19-9-7-8-14-24(19)25/h1-16,18H,17H2. The molecule has 0 unspecified atom stereocenters. The van der Waals surface area contributed by atoms with E-state index in [9.17, 15) is 4.57 Å². The lowest BCUT2D eigenvalue weighted by atomic mass is 10.1. The Kier molecular flexibility index (Phi) is 3.85. The fraction of sp³-hybridized carbons (Fsp3) is 0.0400. The highest BCUT2D eigenvalue weighted by atomic mass is 31.2. The van der Waals surface area contributed by atoms with Crippen LogP contribution >= 0.6 is 7.14 Å². The molecule has 0 radical (unpaired) electrons. The topological polar surface area (TPSA) is 17.1 Å². The van der Waals surface area contributed by atoms with Gasteiger partial charge < -0.3 is 4.57 Å². The van der Waals surface area contributed by atoms with Crippen LogP contribution in [0.1, 0.15) is 11.1 Å². The Bertz CT molecular complexity index is 1120. The van der Waals surface area contributed by atoms with Gasteiger partial charge in [-0.3, -0.25) is 0 Å². The van der Waals surface area contributed by atoms with E-state index in [0.717, 1.165) is 22.3 Å². The Hall–Kier alpha value is -2.89. The van der Waals surface area contributed by atoms with Crippen LogP contribution in [0.2, 0.25) is 0 Å². The predicted octanol–water partition coefficient (Wildman–Crippen LogP) is 4.90. The highest BCUT2D eigenvalue weighted by Gasteiger charge is 2.31. The Morgan fingerprint density at radius 3 is 1.74 bits per heavy atom. The minimum Gasteiger partial charge on any atom is -0.309 e. The molecule has 0 bridgehead atoms. The van der Waals surface area contributed by atoms with E-state index in [-0.39, 0.29) is 0 Å². The van der Waals surface area contributed by atoms with Crippen LogP contribution in [0.4, 0.5) is 0 Å². The summed E-state index contributed by atoms with van der Waals surface area (Å²) in [5.41, 5.74) is 5.18. The number of fused-ring (bicyclic) bond motifs is 3. The molecule has 27 heavy (non-hydrogen) atoms. The van der Waals surface area contributed by atoms with Crippen LogP contribution in [0.5, 0.6) is 0 Å². The molecule has 0 amide bonds. The quantitative estimate of drug-likeness (QED) is 0.415. The Labute approximate surface area is 159 Å². The molecule has 4 aromatic rings. The van der Waals surface area contributed by atoms with E-state index >= 15 is 0 Å². The molecule has 0 saturated heterocycles. The molecule has 1 aliphatic carbocycles. The molecule has 5 rings (SSSR count). The maximum absolute atomic E-state index is 14.5. The van der Waals surface area contributed by atoms with Crippen molar-refractivity contribution in [2.24, 2.45) is 0 Å². The first kappa shape index (κ1) is 16.3. The highest BCUT2D eigenvalue weighted by Crippen LogP contribution is 2.44. The van der Waals surface area contributed by atoms with Gasteiger partial charge in [-0.15, -0.1) is 0 Å². The van der Waals surface area contributed by atoms with Crippen molar-refractivity contribution in [3.8, 4) is 11.1 Å². The van der Waals surface area contributed by atoms with Crippen LogP contribution in [0.15, 0.2) is 103 Å². The summed E-state index contributed by atoms with van der Waals surface area (Å²) in [5.74, 6) is 0. The predicted molar refractivity (Wildman–Crippen MR) is 114 cm³/mol. The number of rotatable bonds is 3. The average Bonchev–Trinajstić information content (AvgIpc) is 3.12. The van der Waals surface area contributed by atoms with Crippen LogP contribution < -0.4 is 15.9 Å². The molecule has 0 fully saturated rings. The zero-order valence-corrected chi connectivity index (χ0v) is 15.8. The van der Waals surface area contributed by atoms with E-state index in [2.05, 4.69) is 42.5 Å². The van der Waals surface area contributed by atoms with Crippen molar-refractivity contribution < 1.29 is 4.57 Å². The summed E-state index contributed by atoms with van der Waals surface area (Å²) in [6.07, 6.45) is 0.906. The Morgan fingerprint density at radius 2 is 1.07 bits per heavy atom. The molecule has 2 heteroatoms. The third kappa shape index (κ3) is 2.59. The number of benzene rings is 4. The lowest BCUT2D eigenvalue weighted by Crippen LogP contribution is -2.25. The van der Waals surface area contributed by atoms with E-state index in [0.29, 0.717) is 0 Å². The number of hydrogen-bond donors (Lipinski definition) is 0. The molecule has 0 N–H and O–H groups in total. The molecule has 1 nitrogen and oxygen atoms in total. The monoisotopic (exact) mass is 366 g/mol. The maximum Gasteiger partial charge on any atom is 0.171 e. The van der Waals surface area contributed by atoms with Gasteiger partial charge in [-0.1, -0.05) is 97.1 Å². The summed E-state index contributed by atoms with van der Waals surface area (Å²) in [5, 5.41) is 2.67. The molecule has 0 saturated carbocycles. The van der Waals surface area contributed by atoms with Gasteiger partial charge in [0.15, 0.2) is 7.14 Å². The fourth-order valence-electron chi connectivity index (χ4n) is 4.05. The summed E-state index contributed by atoms with van der Waals surface area (Å²) in [4.78, 5) is 0. The third-order valence-corrected chi connectivity index (χ3v) is 8.44. The van der Waals surface area contributed by atoms with E-state index in [1.54, 1.807) is 0 Å². The fourth-order valence-corrected chi connectivity index (χ4v) is 6.75. The zero-order valence-electron chi connectivity index (χ0n) is 14.9. The second kappa shape index (κ2) is 6.37. The van der Waals surface area contributed by atoms with Gasteiger partial charge in [-0.2, -0.15) is 0 Å². The van der Waals surface area contributed by atoms with Gasteiger partial charge in [0.1, 0.15) is 0 Å². The maximum atomic E-state index is 14.5. The molecule has 1 aliphatic rings. The van der Waals surface area contributed by atoms with Crippen LogP contribution in [0, 0.1) is 0 Å². The zero-order chi connectivity index (χ0) is 18.3. The summed E-state index contributed by atoms with van der Waals surface area (Å²) in [7, 11) is -2.90. The smallest absolute Gasteiger partial charge is 0.171 e. The van der Waals surface area contributed by atoms with Gasteiger partial charge in [0, 0.05) is 15.9 Å². The molecule has 0 aliphatic heterocycles. The van der Waals surface area contributed by atoms with Crippen molar-refractivity contribution in [2.45, 2.75) is 6.42 Å². The lowest BCUT2D eigenvalue weighted by molar-refractivity contribution is 0.592. The minimum absolute atomic E-state index is 0.881. The normalized spacial score (nSPS) is 12.4. The van der Waals surface area contributed by atoms with Crippen molar-refractivity contribution in [3.63, 3.8) is 0 Å². The SMILES string of the molecule is O=P(c1ccccc1)(c1ccccc1)c1ccc2c(c1)Cc1ccccc1-2. The van der Waals surface area contributed by atoms with E-state index in [1.807, 2.05) is 60.7 Å². The van der Waals surface area contributed by atoms with Gasteiger partial charge in [0.05, 0.1) is 0 Å². The lowest BCUT2D eigenvalue weighted by Gasteiger charge is -2.20. The molecule has 0 heterocycles. The van der Waals surface area contributed by atoms with Crippen molar-refractivity contribution in [2.75, 3.05) is 0 Å². The minimum atomic E-state index is -2.90. The Morgan fingerprint density at radius 1 is 0.519 bits per heavy atom. The van der Waals surface area contributed by atoms with Crippen molar-refractivity contribution in [3.05, 3.63) is 114 Å². The van der Waals surface area contributed by atoms with Crippen LogP contribution in [0.3, 0.4) is 0 Å². The van der Waals surface area contributed by atoms with Crippen LogP contribution in [-0.2, 0) is 11.0 Å². The molecular weight excluding hydrogens is 347 g/mol. The van der Waals surface area contributed by atoms with Gasteiger partial charge >= 0.3 is 0 Å². The van der Waals surface area contributed by atoms with Gasteiger partial charge in [-0.05, 0) is 34.7 Å². The molecule has 0 aromatic heterocycles. The van der Waals surface area contributed by atoms with Crippen molar-refractivity contribution >= 4 is 23.1 Å². The van der Waals surface area contributed by atoms with Gasteiger partial charge in [-0.25, -0.2) is 0 Å². The first-order valence-corrected chi connectivity index (χ1v) is 10.9. The molecule has 0 spiro atoms. The van der Waals surface area contributed by atoms with Gasteiger partial charge in [0.2, 0.25) is 0 Å². The molecule has 4 aromatic carbocycles. The average molecular weight is 366 g/mol. The summed E-state index contributed by atoms with van der Waals surface area (Å²) in [6, 6.07) is 34.6. The van der Waals surface area contributed by atoms with E-state index in [4.69, 9.17) is 0 Å². The molecular formula is C25H19OP. The first-order chi connectivity index (χ1) is 13.3. The van der Waals surface area contributed by atoms with E-state index in [1.165, 1.54) is 22.3 Å². The number of hydrogen-bond acceptors (Lipinski definition) is 1. The summed E-state index contributed by atoms with van der Waals surface area (Å²) in [6.45, 7) is 0. The molecule has 130 valence electrons. The Balaban J connectivity index is 1.71.